The first-order chi connectivity index (χ1) is 11.2. The molecule has 2 nitrogen and oxygen atoms in total. The Morgan fingerprint density at radius 2 is 2.09 bits per heavy atom. The summed E-state index contributed by atoms with van der Waals surface area (Å²) in [7, 11) is 0. The molecular formula is C21H32N2. The van der Waals surface area contributed by atoms with Crippen LogP contribution in [0.3, 0.4) is 0 Å². The Balaban J connectivity index is 0.000000168. The van der Waals surface area contributed by atoms with E-state index in [0.717, 1.165) is 24.2 Å². The van der Waals surface area contributed by atoms with Crippen LogP contribution in [-0.4, -0.2) is 11.5 Å². The molecule has 0 amide bonds. The van der Waals surface area contributed by atoms with Crippen LogP contribution >= 0.6 is 0 Å². The first-order valence-corrected chi connectivity index (χ1v) is 9.07. The monoisotopic (exact) mass is 312 g/mol. The minimum Gasteiger partial charge on any atom is -0.361 e. The maximum atomic E-state index is 5.50. The molecule has 0 aliphatic heterocycles. The Morgan fingerprint density at radius 3 is 2.78 bits per heavy atom. The molecule has 23 heavy (non-hydrogen) atoms. The summed E-state index contributed by atoms with van der Waals surface area (Å²) in [5, 5.41) is 1.29. The summed E-state index contributed by atoms with van der Waals surface area (Å²) in [4.78, 5) is 3.22. The van der Waals surface area contributed by atoms with Crippen molar-refractivity contribution in [3.05, 3.63) is 48.7 Å². The molecule has 1 aromatic heterocycles. The standard InChI is InChI=1S/C11H20.C10H12N2/c1-4-10-7-6-9(3)8-11(10)5-2;11-6-5-8-7-12-10-4-2-1-3-9(8)10/h4,9-11H,1,5-8H2,2-3H3;1-4,7,12H,5-6,11H2. The van der Waals surface area contributed by atoms with Gasteiger partial charge in [-0.25, -0.2) is 0 Å². The van der Waals surface area contributed by atoms with Gasteiger partial charge in [0.15, 0.2) is 0 Å². The van der Waals surface area contributed by atoms with Crippen LogP contribution in [-0.2, 0) is 6.42 Å². The SMILES string of the molecule is C=CC1CCC(C)CC1CC.NCCc1c[nH]c2ccccc12. The number of hydrogen-bond acceptors (Lipinski definition) is 1. The van der Waals surface area contributed by atoms with Gasteiger partial charge in [0.05, 0.1) is 0 Å². The van der Waals surface area contributed by atoms with Crippen molar-refractivity contribution in [1.82, 2.24) is 4.98 Å². The molecule has 0 bridgehead atoms. The van der Waals surface area contributed by atoms with Crippen molar-refractivity contribution in [2.24, 2.45) is 23.5 Å². The number of aromatic nitrogens is 1. The van der Waals surface area contributed by atoms with Gasteiger partial charge in [-0.2, -0.15) is 0 Å². The predicted octanol–water partition coefficient (Wildman–Crippen LogP) is 5.30. The molecule has 1 fully saturated rings. The lowest BCUT2D eigenvalue weighted by Crippen LogP contribution is -2.21. The maximum absolute atomic E-state index is 5.50. The number of allylic oxidation sites excluding steroid dienone is 1. The minimum absolute atomic E-state index is 0.710. The second-order valence-electron chi connectivity index (χ2n) is 6.88. The highest BCUT2D eigenvalue weighted by molar-refractivity contribution is 5.83. The predicted molar refractivity (Wildman–Crippen MR) is 102 cm³/mol. The van der Waals surface area contributed by atoms with Crippen molar-refractivity contribution in [2.75, 3.05) is 6.54 Å². The molecule has 0 radical (unpaired) electrons. The van der Waals surface area contributed by atoms with E-state index in [2.05, 4.69) is 49.7 Å². The molecule has 3 rings (SSSR count). The van der Waals surface area contributed by atoms with E-state index in [-0.39, 0.29) is 0 Å². The Labute approximate surface area is 141 Å². The molecular weight excluding hydrogens is 280 g/mol. The van der Waals surface area contributed by atoms with Crippen LogP contribution in [0.5, 0.6) is 0 Å². The molecule has 3 atom stereocenters. The van der Waals surface area contributed by atoms with Gasteiger partial charge >= 0.3 is 0 Å². The average molecular weight is 313 g/mol. The van der Waals surface area contributed by atoms with Gasteiger partial charge in [-0.05, 0) is 55.2 Å². The maximum Gasteiger partial charge on any atom is 0.0456 e. The van der Waals surface area contributed by atoms with Crippen molar-refractivity contribution in [3.8, 4) is 0 Å². The number of aromatic amines is 1. The average Bonchev–Trinajstić information content (AvgIpc) is 2.99. The zero-order valence-electron chi connectivity index (χ0n) is 14.7. The molecule has 1 heterocycles. The Kier molecular flexibility index (Phi) is 6.91. The highest BCUT2D eigenvalue weighted by atomic mass is 14.7. The topological polar surface area (TPSA) is 41.8 Å². The molecule has 3 unspecified atom stereocenters. The number of fused-ring (bicyclic) bond motifs is 1. The molecule has 1 saturated carbocycles. The zero-order chi connectivity index (χ0) is 16.7. The largest absolute Gasteiger partial charge is 0.361 e. The lowest BCUT2D eigenvalue weighted by molar-refractivity contribution is 0.220. The second kappa shape index (κ2) is 8.93. The van der Waals surface area contributed by atoms with Crippen molar-refractivity contribution in [3.63, 3.8) is 0 Å². The van der Waals surface area contributed by atoms with Crippen LogP contribution in [0.4, 0.5) is 0 Å². The number of hydrogen-bond donors (Lipinski definition) is 2. The Morgan fingerprint density at radius 1 is 1.30 bits per heavy atom. The number of H-pyrrole nitrogens is 1. The summed E-state index contributed by atoms with van der Waals surface area (Å²) >= 11 is 0. The fourth-order valence-electron chi connectivity index (χ4n) is 3.80. The van der Waals surface area contributed by atoms with E-state index in [1.807, 2.05) is 12.3 Å². The first kappa shape index (κ1) is 17.8. The Hall–Kier alpha value is -1.54. The van der Waals surface area contributed by atoms with Gasteiger partial charge in [-0.15, -0.1) is 6.58 Å². The van der Waals surface area contributed by atoms with Crippen LogP contribution in [0.2, 0.25) is 0 Å². The minimum atomic E-state index is 0.710. The van der Waals surface area contributed by atoms with Gasteiger partial charge in [-0.3, -0.25) is 0 Å². The van der Waals surface area contributed by atoms with Crippen LogP contribution in [0.1, 0.15) is 45.1 Å². The molecule has 126 valence electrons. The zero-order valence-corrected chi connectivity index (χ0v) is 14.7. The summed E-state index contributed by atoms with van der Waals surface area (Å²) in [5.41, 5.74) is 8.01. The van der Waals surface area contributed by atoms with E-state index >= 15 is 0 Å². The van der Waals surface area contributed by atoms with E-state index < -0.39 is 0 Å². The van der Waals surface area contributed by atoms with Crippen molar-refractivity contribution < 1.29 is 0 Å². The molecule has 3 N–H and O–H groups in total. The summed E-state index contributed by atoms with van der Waals surface area (Å²) in [6, 6.07) is 8.29. The van der Waals surface area contributed by atoms with Crippen LogP contribution in [0.15, 0.2) is 43.1 Å². The summed E-state index contributed by atoms with van der Waals surface area (Å²) < 4.78 is 0. The van der Waals surface area contributed by atoms with Gasteiger partial charge < -0.3 is 10.7 Å². The molecule has 1 aliphatic carbocycles. The second-order valence-corrected chi connectivity index (χ2v) is 6.88. The molecule has 0 spiro atoms. The van der Waals surface area contributed by atoms with Crippen LogP contribution in [0, 0.1) is 17.8 Å². The number of benzene rings is 1. The van der Waals surface area contributed by atoms with Gasteiger partial charge in [0.25, 0.3) is 0 Å². The van der Waals surface area contributed by atoms with E-state index in [1.54, 1.807) is 0 Å². The van der Waals surface area contributed by atoms with E-state index in [9.17, 15) is 0 Å². The quantitative estimate of drug-likeness (QED) is 0.739. The third-order valence-corrected chi connectivity index (χ3v) is 5.22. The van der Waals surface area contributed by atoms with Crippen LogP contribution in [0.25, 0.3) is 10.9 Å². The van der Waals surface area contributed by atoms with Crippen molar-refractivity contribution in [1.29, 1.82) is 0 Å². The van der Waals surface area contributed by atoms with Crippen LogP contribution < -0.4 is 5.73 Å². The van der Waals surface area contributed by atoms with Crippen molar-refractivity contribution in [2.45, 2.75) is 46.0 Å². The summed E-state index contributed by atoms with van der Waals surface area (Å²) in [6.07, 6.45) is 10.7. The molecule has 0 saturated heterocycles. The smallest absolute Gasteiger partial charge is 0.0456 e. The fourth-order valence-corrected chi connectivity index (χ4v) is 3.80. The van der Waals surface area contributed by atoms with Crippen molar-refractivity contribution >= 4 is 10.9 Å². The lowest BCUT2D eigenvalue weighted by Gasteiger charge is -2.32. The number of para-hydroxylation sites is 1. The third-order valence-electron chi connectivity index (χ3n) is 5.22. The van der Waals surface area contributed by atoms with Gasteiger partial charge in [0, 0.05) is 17.1 Å². The van der Waals surface area contributed by atoms with Gasteiger partial charge in [-0.1, -0.05) is 51.0 Å². The summed E-state index contributed by atoms with van der Waals surface area (Å²) in [6.45, 7) is 9.30. The highest BCUT2D eigenvalue weighted by Crippen LogP contribution is 2.35. The molecule has 2 heteroatoms. The normalized spacial score (nSPS) is 24.0. The van der Waals surface area contributed by atoms with Gasteiger partial charge in [0.2, 0.25) is 0 Å². The molecule has 1 aromatic carbocycles. The van der Waals surface area contributed by atoms with E-state index in [4.69, 9.17) is 5.73 Å². The van der Waals surface area contributed by atoms with Gasteiger partial charge in [0.1, 0.15) is 0 Å². The number of nitrogens with one attached hydrogen (secondary N) is 1. The third kappa shape index (κ3) is 4.71. The molecule has 1 aliphatic rings. The molecule has 2 aromatic rings. The fraction of sp³-hybridized carbons (Fsp3) is 0.524. The Bertz CT molecular complexity index is 599. The van der Waals surface area contributed by atoms with E-state index in [0.29, 0.717) is 6.54 Å². The number of rotatable bonds is 4. The highest BCUT2D eigenvalue weighted by Gasteiger charge is 2.24. The number of nitrogens with two attached hydrogens (primary N) is 1. The van der Waals surface area contributed by atoms with E-state index in [1.165, 1.54) is 42.1 Å². The first-order valence-electron chi connectivity index (χ1n) is 9.07. The summed E-state index contributed by atoms with van der Waals surface area (Å²) in [5.74, 6) is 2.70. The lowest BCUT2D eigenvalue weighted by atomic mass is 9.74.